The average molecular weight is 304 g/mol. The number of aliphatic hydroxyl groups is 1. The monoisotopic (exact) mass is 303 g/mol. The van der Waals surface area contributed by atoms with Crippen LogP contribution in [0.4, 0.5) is 4.39 Å². The maximum Gasteiger partial charge on any atom is 0.123 e. The lowest BCUT2D eigenvalue weighted by atomic mass is 10.0. The van der Waals surface area contributed by atoms with Crippen LogP contribution in [-0.2, 0) is 0 Å². The molecule has 0 aromatic heterocycles. The minimum atomic E-state index is -0.504. The third-order valence-electron chi connectivity index (χ3n) is 3.47. The van der Waals surface area contributed by atoms with E-state index in [4.69, 9.17) is 4.74 Å². The Morgan fingerprint density at radius 1 is 1.40 bits per heavy atom. The third kappa shape index (κ3) is 5.65. The Bertz CT molecular complexity index is 388. The molecule has 3 nitrogen and oxygen atoms in total. The highest BCUT2D eigenvalue weighted by Crippen LogP contribution is 2.16. The number of aliphatic hydroxyl groups excluding tert-OH is 1. The Hall–Kier alpha value is -0.840. The summed E-state index contributed by atoms with van der Waals surface area (Å²) in [5, 5.41) is 9.96. The highest BCUT2D eigenvalue weighted by molar-refractivity contribution is 5.85. The average Bonchev–Trinajstić information content (AvgIpc) is 2.38. The van der Waals surface area contributed by atoms with Crippen molar-refractivity contribution in [1.29, 1.82) is 0 Å². The molecule has 0 spiro atoms. The van der Waals surface area contributed by atoms with Crippen LogP contribution in [0.2, 0.25) is 0 Å². The molecular weight excluding hydrogens is 281 g/mol. The second-order valence-corrected chi connectivity index (χ2v) is 5.43. The van der Waals surface area contributed by atoms with Crippen LogP contribution in [0.25, 0.3) is 0 Å². The van der Waals surface area contributed by atoms with Crippen LogP contribution in [0.3, 0.4) is 0 Å². The lowest BCUT2D eigenvalue weighted by molar-refractivity contribution is 0.0537. The SMILES string of the molecule is CC1CCCN(CC(O)COc2ccc(F)cc2)C1.Cl. The first-order valence-corrected chi connectivity index (χ1v) is 6.92. The van der Waals surface area contributed by atoms with Crippen molar-refractivity contribution in [3.05, 3.63) is 30.1 Å². The van der Waals surface area contributed by atoms with Gasteiger partial charge in [-0.15, -0.1) is 12.4 Å². The van der Waals surface area contributed by atoms with Crippen LogP contribution in [0, 0.1) is 11.7 Å². The Labute approximate surface area is 126 Å². The van der Waals surface area contributed by atoms with E-state index in [9.17, 15) is 9.50 Å². The fourth-order valence-corrected chi connectivity index (χ4v) is 2.53. The molecule has 0 radical (unpaired) electrons. The molecule has 0 bridgehead atoms. The Balaban J connectivity index is 0.00000200. The second kappa shape index (κ2) is 8.45. The van der Waals surface area contributed by atoms with Gasteiger partial charge in [-0.3, -0.25) is 0 Å². The number of hydrogen-bond donors (Lipinski definition) is 1. The number of ether oxygens (including phenoxy) is 1. The summed E-state index contributed by atoms with van der Waals surface area (Å²) < 4.78 is 18.2. The number of halogens is 2. The first-order chi connectivity index (χ1) is 9.13. The van der Waals surface area contributed by atoms with Crippen molar-refractivity contribution in [1.82, 2.24) is 4.90 Å². The lowest BCUT2D eigenvalue weighted by Gasteiger charge is -2.32. The summed E-state index contributed by atoms with van der Waals surface area (Å²) >= 11 is 0. The summed E-state index contributed by atoms with van der Waals surface area (Å²) in [7, 11) is 0. The molecule has 2 atom stereocenters. The summed E-state index contributed by atoms with van der Waals surface area (Å²) in [6.07, 6.45) is 1.97. The quantitative estimate of drug-likeness (QED) is 0.908. The van der Waals surface area contributed by atoms with Crippen LogP contribution in [0.5, 0.6) is 5.75 Å². The summed E-state index contributed by atoms with van der Waals surface area (Å²) in [6.45, 7) is 5.24. The molecule has 1 saturated heterocycles. The number of β-amino-alcohol motifs (C(OH)–C–C–N with tert-alkyl or cyclic N) is 1. The Morgan fingerprint density at radius 3 is 2.75 bits per heavy atom. The van der Waals surface area contributed by atoms with Gasteiger partial charge in [-0.1, -0.05) is 6.92 Å². The molecule has 1 fully saturated rings. The Kier molecular flexibility index (Phi) is 7.27. The topological polar surface area (TPSA) is 32.7 Å². The molecule has 114 valence electrons. The number of benzene rings is 1. The van der Waals surface area contributed by atoms with Gasteiger partial charge in [0.2, 0.25) is 0 Å². The van der Waals surface area contributed by atoms with E-state index in [2.05, 4.69) is 11.8 Å². The molecule has 1 aromatic rings. The van der Waals surface area contributed by atoms with Crippen LogP contribution in [0.15, 0.2) is 24.3 Å². The maximum atomic E-state index is 12.7. The normalized spacial score (nSPS) is 21.1. The molecule has 2 rings (SSSR count). The predicted molar refractivity (Wildman–Crippen MR) is 80.0 cm³/mol. The largest absolute Gasteiger partial charge is 0.491 e. The molecule has 5 heteroatoms. The zero-order valence-electron chi connectivity index (χ0n) is 11.8. The lowest BCUT2D eigenvalue weighted by Crippen LogP contribution is -2.41. The number of hydrogen-bond acceptors (Lipinski definition) is 3. The molecule has 1 aliphatic heterocycles. The molecular formula is C15H23ClFNO2. The van der Waals surface area contributed by atoms with E-state index in [0.717, 1.165) is 13.1 Å². The number of likely N-dealkylation sites (tertiary alicyclic amines) is 1. The highest BCUT2D eigenvalue weighted by atomic mass is 35.5. The van der Waals surface area contributed by atoms with Gasteiger partial charge in [-0.05, 0) is 49.6 Å². The molecule has 20 heavy (non-hydrogen) atoms. The molecule has 2 unspecified atom stereocenters. The minimum absolute atomic E-state index is 0. The summed E-state index contributed by atoms with van der Waals surface area (Å²) in [4.78, 5) is 2.28. The second-order valence-electron chi connectivity index (χ2n) is 5.43. The van der Waals surface area contributed by atoms with Crippen LogP contribution < -0.4 is 4.74 Å². The van der Waals surface area contributed by atoms with E-state index in [1.807, 2.05) is 0 Å². The minimum Gasteiger partial charge on any atom is -0.491 e. The summed E-state index contributed by atoms with van der Waals surface area (Å²) in [5.41, 5.74) is 0. The molecule has 0 saturated carbocycles. The van der Waals surface area contributed by atoms with E-state index >= 15 is 0 Å². The van der Waals surface area contributed by atoms with Crippen molar-refractivity contribution in [2.45, 2.75) is 25.9 Å². The van der Waals surface area contributed by atoms with Crippen molar-refractivity contribution >= 4 is 12.4 Å². The van der Waals surface area contributed by atoms with Crippen molar-refractivity contribution in [2.24, 2.45) is 5.92 Å². The van der Waals surface area contributed by atoms with Crippen LogP contribution in [0.1, 0.15) is 19.8 Å². The highest BCUT2D eigenvalue weighted by Gasteiger charge is 2.19. The number of rotatable bonds is 5. The first-order valence-electron chi connectivity index (χ1n) is 6.92. The molecule has 1 heterocycles. The summed E-state index contributed by atoms with van der Waals surface area (Å²) in [5.74, 6) is 1.02. The van der Waals surface area contributed by atoms with Gasteiger partial charge in [-0.25, -0.2) is 4.39 Å². The van der Waals surface area contributed by atoms with Gasteiger partial charge in [0.15, 0.2) is 0 Å². The maximum absolute atomic E-state index is 12.7. The fourth-order valence-electron chi connectivity index (χ4n) is 2.53. The van der Waals surface area contributed by atoms with Crippen LogP contribution in [-0.4, -0.2) is 42.4 Å². The molecule has 1 aromatic carbocycles. The number of nitrogens with zero attached hydrogens (tertiary/aromatic N) is 1. The van der Waals surface area contributed by atoms with Gasteiger partial charge >= 0.3 is 0 Å². The molecule has 1 N–H and O–H groups in total. The molecule has 1 aliphatic rings. The number of piperidine rings is 1. The van der Waals surface area contributed by atoms with Crippen molar-refractivity contribution in [3.8, 4) is 5.75 Å². The molecule has 0 amide bonds. The predicted octanol–water partition coefficient (Wildman–Crippen LogP) is 2.72. The molecule has 0 aliphatic carbocycles. The van der Waals surface area contributed by atoms with Gasteiger partial charge in [0.25, 0.3) is 0 Å². The van der Waals surface area contributed by atoms with E-state index in [1.54, 1.807) is 12.1 Å². The summed E-state index contributed by atoms with van der Waals surface area (Å²) in [6, 6.07) is 5.86. The standard InChI is InChI=1S/C15H22FNO2.ClH/c1-12-3-2-8-17(9-12)10-14(18)11-19-15-6-4-13(16)5-7-15;/h4-7,12,14,18H,2-3,8-11H2,1H3;1H. The van der Waals surface area contributed by atoms with Gasteiger partial charge < -0.3 is 14.7 Å². The van der Waals surface area contributed by atoms with Gasteiger partial charge in [0, 0.05) is 13.1 Å². The van der Waals surface area contributed by atoms with E-state index < -0.39 is 6.10 Å². The Morgan fingerprint density at radius 2 is 2.10 bits per heavy atom. The fraction of sp³-hybridized carbons (Fsp3) is 0.600. The smallest absolute Gasteiger partial charge is 0.123 e. The van der Waals surface area contributed by atoms with E-state index in [0.29, 0.717) is 18.2 Å². The van der Waals surface area contributed by atoms with E-state index in [1.165, 1.54) is 25.0 Å². The first kappa shape index (κ1) is 17.2. The van der Waals surface area contributed by atoms with Crippen molar-refractivity contribution in [3.63, 3.8) is 0 Å². The zero-order valence-corrected chi connectivity index (χ0v) is 12.6. The van der Waals surface area contributed by atoms with E-state index in [-0.39, 0.29) is 24.8 Å². The zero-order chi connectivity index (χ0) is 13.7. The van der Waals surface area contributed by atoms with Crippen molar-refractivity contribution in [2.75, 3.05) is 26.2 Å². The third-order valence-corrected chi connectivity index (χ3v) is 3.47. The van der Waals surface area contributed by atoms with Crippen molar-refractivity contribution < 1.29 is 14.2 Å². The van der Waals surface area contributed by atoms with Gasteiger partial charge in [0.1, 0.15) is 24.3 Å². The van der Waals surface area contributed by atoms with Gasteiger partial charge in [-0.2, -0.15) is 0 Å². The van der Waals surface area contributed by atoms with Crippen LogP contribution >= 0.6 is 12.4 Å². The van der Waals surface area contributed by atoms with Gasteiger partial charge in [0.05, 0.1) is 0 Å².